The average molecular weight is 207 g/mol. The lowest BCUT2D eigenvalue weighted by Gasteiger charge is -2.10. The van der Waals surface area contributed by atoms with Crippen molar-refractivity contribution in [3.63, 3.8) is 0 Å². The van der Waals surface area contributed by atoms with E-state index in [1.807, 2.05) is 24.3 Å². The van der Waals surface area contributed by atoms with Crippen LogP contribution in [0.25, 0.3) is 0 Å². The molecule has 0 radical (unpaired) electrons. The summed E-state index contributed by atoms with van der Waals surface area (Å²) >= 11 is 0. The highest BCUT2D eigenvalue weighted by Gasteiger charge is 2.17. The van der Waals surface area contributed by atoms with Gasteiger partial charge in [-0.15, -0.1) is 0 Å². The van der Waals surface area contributed by atoms with Gasteiger partial charge < -0.3 is 14.6 Å². The second-order valence-corrected chi connectivity index (χ2v) is 3.11. The van der Waals surface area contributed by atoms with E-state index in [9.17, 15) is 4.79 Å². The molecule has 80 valence electrons. The Balaban J connectivity index is 2.86. The summed E-state index contributed by atoms with van der Waals surface area (Å²) in [6.07, 6.45) is 0. The summed E-state index contributed by atoms with van der Waals surface area (Å²) in [5.41, 5.74) is 1.60. The van der Waals surface area contributed by atoms with Gasteiger partial charge in [0.1, 0.15) is 0 Å². The van der Waals surface area contributed by atoms with Crippen LogP contribution in [0.15, 0.2) is 24.3 Å². The van der Waals surface area contributed by atoms with E-state index in [-0.39, 0.29) is 5.91 Å². The summed E-state index contributed by atoms with van der Waals surface area (Å²) in [5.74, 6) is -0.0986. The molecular weight excluding hydrogens is 193 g/mol. The molecule has 1 rings (SSSR count). The molecule has 4 nitrogen and oxygen atoms in total. The lowest BCUT2D eigenvalue weighted by Crippen LogP contribution is -2.34. The molecule has 0 aliphatic heterocycles. The van der Waals surface area contributed by atoms with Gasteiger partial charge in [-0.05, 0) is 17.6 Å². The third-order valence-corrected chi connectivity index (χ3v) is 1.91. The minimum Gasteiger partial charge on any atom is -0.410 e. The molecule has 0 bridgehead atoms. The fourth-order valence-corrected chi connectivity index (χ4v) is 1.33. The molecule has 0 spiro atoms. The quantitative estimate of drug-likeness (QED) is 0.736. The van der Waals surface area contributed by atoms with Gasteiger partial charge in [-0.25, -0.2) is 0 Å². The first-order valence-electron chi connectivity index (χ1n) is 4.60. The molecule has 1 N–H and O–H groups in total. The average Bonchev–Trinajstić information content (AvgIpc) is 2.19. The SMILES string of the molecule is COB(OC)c1cccc(NC(C)=O)c1. The predicted molar refractivity (Wildman–Crippen MR) is 60.2 cm³/mol. The van der Waals surface area contributed by atoms with E-state index in [2.05, 4.69) is 5.32 Å². The number of carbonyl (C=O) groups excluding carboxylic acids is 1. The highest BCUT2D eigenvalue weighted by Crippen LogP contribution is 2.04. The van der Waals surface area contributed by atoms with E-state index in [4.69, 9.17) is 9.31 Å². The smallest absolute Gasteiger partial charge is 0.410 e. The van der Waals surface area contributed by atoms with E-state index < -0.39 is 7.12 Å². The van der Waals surface area contributed by atoms with Gasteiger partial charge in [0.25, 0.3) is 0 Å². The van der Waals surface area contributed by atoms with Gasteiger partial charge in [0.2, 0.25) is 5.91 Å². The van der Waals surface area contributed by atoms with Crippen LogP contribution in [0.5, 0.6) is 0 Å². The van der Waals surface area contributed by atoms with Crippen molar-refractivity contribution in [3.8, 4) is 0 Å². The molecule has 0 unspecified atom stereocenters. The molecule has 1 aromatic carbocycles. The van der Waals surface area contributed by atoms with Crippen LogP contribution in [-0.2, 0) is 14.1 Å². The van der Waals surface area contributed by atoms with Crippen molar-refractivity contribution in [3.05, 3.63) is 24.3 Å². The van der Waals surface area contributed by atoms with Crippen LogP contribution in [0.1, 0.15) is 6.92 Å². The molecule has 0 aliphatic rings. The lowest BCUT2D eigenvalue weighted by molar-refractivity contribution is -0.114. The van der Waals surface area contributed by atoms with Crippen molar-refractivity contribution in [2.45, 2.75) is 6.92 Å². The van der Waals surface area contributed by atoms with Crippen LogP contribution in [-0.4, -0.2) is 27.2 Å². The molecule has 0 heterocycles. The Kier molecular flexibility index (Phi) is 4.33. The number of carbonyl (C=O) groups is 1. The van der Waals surface area contributed by atoms with Crippen LogP contribution >= 0.6 is 0 Å². The first kappa shape index (κ1) is 11.7. The third-order valence-electron chi connectivity index (χ3n) is 1.91. The number of amides is 1. The molecule has 0 saturated heterocycles. The standard InChI is InChI=1S/C10H14BNO3/c1-8(13)12-10-6-4-5-9(7-10)11(14-2)15-3/h4-7H,1-3H3,(H,12,13). The third kappa shape index (κ3) is 3.38. The number of benzene rings is 1. The molecule has 15 heavy (non-hydrogen) atoms. The number of nitrogens with one attached hydrogen (secondary N) is 1. The zero-order valence-corrected chi connectivity index (χ0v) is 9.11. The zero-order valence-electron chi connectivity index (χ0n) is 9.11. The van der Waals surface area contributed by atoms with Crippen LogP contribution < -0.4 is 10.8 Å². The summed E-state index contributed by atoms with van der Waals surface area (Å²) in [5, 5.41) is 2.70. The van der Waals surface area contributed by atoms with Crippen molar-refractivity contribution in [1.82, 2.24) is 0 Å². The molecule has 1 aromatic rings. The topological polar surface area (TPSA) is 47.6 Å². The summed E-state index contributed by atoms with van der Waals surface area (Å²) < 4.78 is 10.2. The maximum Gasteiger partial charge on any atom is 0.493 e. The second-order valence-electron chi connectivity index (χ2n) is 3.11. The Hall–Kier alpha value is -1.33. The second kappa shape index (κ2) is 5.53. The molecule has 0 aromatic heterocycles. The first-order valence-corrected chi connectivity index (χ1v) is 4.60. The van der Waals surface area contributed by atoms with E-state index in [0.717, 1.165) is 11.2 Å². The van der Waals surface area contributed by atoms with Gasteiger partial charge >= 0.3 is 7.12 Å². The molecule has 0 aliphatic carbocycles. The van der Waals surface area contributed by atoms with Crippen molar-refractivity contribution in [2.24, 2.45) is 0 Å². The Labute approximate surface area is 89.7 Å². The Morgan fingerprint density at radius 1 is 1.33 bits per heavy atom. The Morgan fingerprint density at radius 2 is 2.00 bits per heavy atom. The Bertz CT molecular complexity index is 339. The monoisotopic (exact) mass is 207 g/mol. The molecular formula is C10H14BNO3. The number of hydrogen-bond donors (Lipinski definition) is 1. The summed E-state index contributed by atoms with van der Waals surface area (Å²) in [4.78, 5) is 10.9. The fourth-order valence-electron chi connectivity index (χ4n) is 1.33. The van der Waals surface area contributed by atoms with Gasteiger partial charge in [0.15, 0.2) is 0 Å². The first-order chi connectivity index (χ1) is 7.17. The molecule has 0 fully saturated rings. The summed E-state index contributed by atoms with van der Waals surface area (Å²) in [6.45, 7) is 1.47. The molecule has 0 saturated carbocycles. The Morgan fingerprint density at radius 3 is 2.53 bits per heavy atom. The van der Waals surface area contributed by atoms with Crippen molar-refractivity contribution >= 4 is 24.2 Å². The van der Waals surface area contributed by atoms with E-state index in [0.29, 0.717) is 0 Å². The minimum atomic E-state index is -0.404. The number of rotatable bonds is 4. The van der Waals surface area contributed by atoms with Gasteiger partial charge in [0.05, 0.1) is 0 Å². The highest BCUT2D eigenvalue weighted by molar-refractivity contribution is 6.61. The maximum absolute atomic E-state index is 10.9. The summed E-state index contributed by atoms with van der Waals surface area (Å²) in [6, 6.07) is 7.35. The molecule has 5 heteroatoms. The van der Waals surface area contributed by atoms with E-state index >= 15 is 0 Å². The normalized spacial score (nSPS) is 9.80. The largest absolute Gasteiger partial charge is 0.493 e. The van der Waals surface area contributed by atoms with Crippen LogP contribution in [0.4, 0.5) is 5.69 Å². The van der Waals surface area contributed by atoms with Gasteiger partial charge in [-0.1, -0.05) is 12.1 Å². The van der Waals surface area contributed by atoms with E-state index in [1.165, 1.54) is 6.92 Å². The zero-order chi connectivity index (χ0) is 11.3. The molecule has 0 atom stereocenters. The highest BCUT2D eigenvalue weighted by atomic mass is 16.6. The van der Waals surface area contributed by atoms with E-state index in [1.54, 1.807) is 14.2 Å². The van der Waals surface area contributed by atoms with Crippen LogP contribution in [0.2, 0.25) is 0 Å². The van der Waals surface area contributed by atoms with Gasteiger partial charge in [-0.2, -0.15) is 0 Å². The van der Waals surface area contributed by atoms with Gasteiger partial charge in [-0.3, -0.25) is 4.79 Å². The minimum absolute atomic E-state index is 0.0986. The van der Waals surface area contributed by atoms with Crippen molar-refractivity contribution in [2.75, 3.05) is 19.5 Å². The predicted octanol–water partition coefficient (Wildman–Crippen LogP) is 0.633. The maximum atomic E-state index is 10.9. The lowest BCUT2D eigenvalue weighted by atomic mass is 9.79. The fraction of sp³-hybridized carbons (Fsp3) is 0.300. The van der Waals surface area contributed by atoms with Gasteiger partial charge in [0, 0.05) is 26.8 Å². The summed E-state index contributed by atoms with van der Waals surface area (Å²) in [7, 11) is 2.73. The number of anilines is 1. The van der Waals surface area contributed by atoms with Crippen LogP contribution in [0.3, 0.4) is 0 Å². The van der Waals surface area contributed by atoms with Crippen LogP contribution in [0, 0.1) is 0 Å². The van der Waals surface area contributed by atoms with Crippen molar-refractivity contribution < 1.29 is 14.1 Å². The van der Waals surface area contributed by atoms with Crippen molar-refractivity contribution in [1.29, 1.82) is 0 Å². The molecule has 1 amide bonds. The number of hydrogen-bond acceptors (Lipinski definition) is 3.